The summed E-state index contributed by atoms with van der Waals surface area (Å²) in [6.07, 6.45) is 0.800. The number of hydrogen-bond acceptors (Lipinski definition) is 8. The van der Waals surface area contributed by atoms with Gasteiger partial charge in [-0.25, -0.2) is 0 Å². The van der Waals surface area contributed by atoms with E-state index in [1.807, 2.05) is 0 Å². The number of hydrogen-bond donors (Lipinski definition) is 1. The van der Waals surface area contributed by atoms with Crippen LogP contribution in [0.3, 0.4) is 0 Å². The van der Waals surface area contributed by atoms with Crippen molar-refractivity contribution >= 4 is 22.8 Å². The number of nitrogens with one attached hydrogen (secondary N) is 1. The molecule has 11 heteroatoms. The molecule has 0 aliphatic carbocycles. The molecule has 0 amide bonds. The van der Waals surface area contributed by atoms with Crippen molar-refractivity contribution in [1.29, 1.82) is 0 Å². The van der Waals surface area contributed by atoms with Crippen LogP contribution >= 0.6 is 0 Å². The van der Waals surface area contributed by atoms with Gasteiger partial charge < -0.3 is 0 Å². The molecule has 0 saturated heterocycles. The van der Waals surface area contributed by atoms with Crippen molar-refractivity contribution in [2.24, 2.45) is 5.10 Å². The van der Waals surface area contributed by atoms with Crippen LogP contribution in [0.1, 0.15) is 40.0 Å². The van der Waals surface area contributed by atoms with Crippen LogP contribution in [-0.2, 0) is 0 Å². The number of nitro benzene ring substituents is 2. The second kappa shape index (κ2) is 8.13. The minimum absolute atomic E-state index is 0.0270. The van der Waals surface area contributed by atoms with Crippen LogP contribution in [0, 0.1) is 30.3 Å². The highest BCUT2D eigenvalue weighted by Crippen LogP contribution is 2.29. The van der Waals surface area contributed by atoms with Gasteiger partial charge in [0.15, 0.2) is 0 Å². The lowest BCUT2D eigenvalue weighted by Gasteiger charge is -2.19. The molecule has 136 valence electrons. The van der Waals surface area contributed by atoms with E-state index in [1.54, 1.807) is 13.8 Å². The molecule has 11 nitrogen and oxygen atoms in total. The zero-order valence-electron chi connectivity index (χ0n) is 14.1. The molecule has 0 fully saturated rings. The summed E-state index contributed by atoms with van der Waals surface area (Å²) in [5, 5.41) is 37.0. The number of benzene rings is 1. The van der Waals surface area contributed by atoms with E-state index in [4.69, 9.17) is 0 Å². The van der Waals surface area contributed by atoms with Crippen LogP contribution in [0.25, 0.3) is 0 Å². The van der Waals surface area contributed by atoms with Crippen LogP contribution in [0.4, 0.5) is 17.1 Å². The van der Waals surface area contributed by atoms with Gasteiger partial charge in [-0.1, -0.05) is 13.8 Å². The Morgan fingerprint density at radius 2 is 1.80 bits per heavy atom. The molecule has 0 aliphatic rings. The number of rotatable bonds is 9. The average molecular weight is 353 g/mol. The predicted molar refractivity (Wildman–Crippen MR) is 91.4 cm³/mol. The van der Waals surface area contributed by atoms with Gasteiger partial charge in [-0.3, -0.25) is 35.8 Å². The smallest absolute Gasteiger partial charge is 0.272 e. The minimum atomic E-state index is -1.18. The van der Waals surface area contributed by atoms with Crippen molar-refractivity contribution in [3.63, 3.8) is 0 Å². The fourth-order valence-electron chi connectivity index (χ4n) is 2.02. The fourth-order valence-corrected chi connectivity index (χ4v) is 2.02. The summed E-state index contributed by atoms with van der Waals surface area (Å²) < 4.78 is 0. The third kappa shape index (κ3) is 4.93. The molecule has 1 rings (SSSR count). The van der Waals surface area contributed by atoms with E-state index in [-0.39, 0.29) is 17.0 Å². The van der Waals surface area contributed by atoms with Crippen LogP contribution in [0.2, 0.25) is 0 Å². The van der Waals surface area contributed by atoms with E-state index in [0.717, 1.165) is 12.1 Å². The molecule has 0 radical (unpaired) electrons. The van der Waals surface area contributed by atoms with Crippen LogP contribution in [-0.4, -0.2) is 26.0 Å². The first-order chi connectivity index (χ1) is 11.6. The Bertz CT molecular complexity index is 720. The van der Waals surface area contributed by atoms with Crippen LogP contribution in [0.15, 0.2) is 23.3 Å². The summed E-state index contributed by atoms with van der Waals surface area (Å²) in [7, 11) is 0. The van der Waals surface area contributed by atoms with E-state index in [9.17, 15) is 30.3 Å². The van der Waals surface area contributed by atoms with Crippen LogP contribution < -0.4 is 5.43 Å². The molecule has 0 aliphatic heterocycles. The van der Waals surface area contributed by atoms with Gasteiger partial charge in [-0.15, -0.1) is 0 Å². The number of nitro groups is 3. The molecule has 0 heterocycles. The second-order valence-corrected chi connectivity index (χ2v) is 5.64. The lowest BCUT2D eigenvalue weighted by Crippen LogP contribution is -2.36. The largest absolute Gasteiger partial charge is 0.301 e. The normalized spacial score (nSPS) is 13.8. The molecule has 0 aromatic heterocycles. The van der Waals surface area contributed by atoms with E-state index < -0.39 is 26.8 Å². The number of hydrazone groups is 1. The summed E-state index contributed by atoms with van der Waals surface area (Å²) in [4.78, 5) is 31.1. The zero-order chi connectivity index (χ0) is 19.2. The maximum Gasteiger partial charge on any atom is 0.301 e. The van der Waals surface area contributed by atoms with Crippen LogP contribution in [0.5, 0.6) is 0 Å². The Labute approximate surface area is 143 Å². The Morgan fingerprint density at radius 3 is 2.24 bits per heavy atom. The highest BCUT2D eigenvalue weighted by molar-refractivity contribution is 5.86. The Kier molecular flexibility index (Phi) is 6.48. The standard InChI is InChI=1S/C14H19N5O6/c1-4-10(9-14(3,5-2)19(24)25)15-16-12-7-6-11(17(20)21)8-13(12)18(22)23/h6-8,16H,4-5,9H2,1-3H3/b15-10-/t14-/m0/s1. The second-order valence-electron chi connectivity index (χ2n) is 5.64. The summed E-state index contributed by atoms with van der Waals surface area (Å²) in [6, 6.07) is 3.12. The molecule has 0 spiro atoms. The van der Waals surface area contributed by atoms with Gasteiger partial charge >= 0.3 is 5.69 Å². The molecule has 0 bridgehead atoms. The molecule has 25 heavy (non-hydrogen) atoms. The van der Waals surface area contributed by atoms with E-state index >= 15 is 0 Å². The van der Waals surface area contributed by atoms with Crippen molar-refractivity contribution in [1.82, 2.24) is 0 Å². The maximum absolute atomic E-state index is 11.2. The van der Waals surface area contributed by atoms with Gasteiger partial charge in [-0.2, -0.15) is 5.10 Å². The Balaban J connectivity index is 3.11. The van der Waals surface area contributed by atoms with Gasteiger partial charge in [0, 0.05) is 30.0 Å². The quantitative estimate of drug-likeness (QED) is 0.404. The maximum atomic E-state index is 11.2. The van der Waals surface area contributed by atoms with Crippen molar-refractivity contribution in [2.45, 2.75) is 45.6 Å². The number of anilines is 1. The van der Waals surface area contributed by atoms with Crippen molar-refractivity contribution in [2.75, 3.05) is 5.43 Å². The topological polar surface area (TPSA) is 154 Å². The highest BCUT2D eigenvalue weighted by atomic mass is 16.6. The molecular weight excluding hydrogens is 334 g/mol. The molecule has 0 saturated carbocycles. The van der Waals surface area contributed by atoms with E-state index in [0.29, 0.717) is 18.6 Å². The number of nitrogens with zero attached hydrogens (tertiary/aromatic N) is 4. The first-order valence-electron chi connectivity index (χ1n) is 7.53. The van der Waals surface area contributed by atoms with Gasteiger partial charge in [0.25, 0.3) is 5.69 Å². The summed E-state index contributed by atoms with van der Waals surface area (Å²) in [6.45, 7) is 4.97. The predicted octanol–water partition coefficient (Wildman–Crippen LogP) is 3.52. The third-order valence-electron chi connectivity index (χ3n) is 3.92. The molecular formula is C14H19N5O6. The lowest BCUT2D eigenvalue weighted by molar-refractivity contribution is -0.564. The monoisotopic (exact) mass is 353 g/mol. The zero-order valence-corrected chi connectivity index (χ0v) is 14.1. The first kappa shape index (κ1) is 19.9. The lowest BCUT2D eigenvalue weighted by atomic mass is 9.92. The molecule has 1 atom stereocenters. The van der Waals surface area contributed by atoms with E-state index in [1.165, 1.54) is 13.0 Å². The first-order valence-corrected chi connectivity index (χ1v) is 7.53. The molecule has 1 aromatic carbocycles. The molecule has 1 aromatic rings. The number of non-ortho nitro benzene ring substituents is 1. The fraction of sp³-hybridized carbons (Fsp3) is 0.500. The third-order valence-corrected chi connectivity index (χ3v) is 3.92. The van der Waals surface area contributed by atoms with Crippen molar-refractivity contribution in [3.8, 4) is 0 Å². The Hall–Kier alpha value is -3.11. The molecule has 1 N–H and O–H groups in total. The van der Waals surface area contributed by atoms with Gasteiger partial charge in [-0.05, 0) is 12.5 Å². The summed E-state index contributed by atoms with van der Waals surface area (Å²) in [5.41, 5.74) is 0.843. The Morgan fingerprint density at radius 1 is 1.16 bits per heavy atom. The van der Waals surface area contributed by atoms with Gasteiger partial charge in [0.1, 0.15) is 5.69 Å². The van der Waals surface area contributed by atoms with Crippen molar-refractivity contribution < 1.29 is 14.8 Å². The van der Waals surface area contributed by atoms with E-state index in [2.05, 4.69) is 10.5 Å². The van der Waals surface area contributed by atoms with Gasteiger partial charge in [0.05, 0.1) is 22.3 Å². The highest BCUT2D eigenvalue weighted by Gasteiger charge is 2.36. The average Bonchev–Trinajstić information content (AvgIpc) is 2.57. The van der Waals surface area contributed by atoms with Gasteiger partial charge in [0.2, 0.25) is 5.54 Å². The molecule has 0 unspecified atom stereocenters. The minimum Gasteiger partial charge on any atom is -0.272 e. The summed E-state index contributed by atoms with van der Waals surface area (Å²) in [5.74, 6) is 0. The SMILES string of the molecule is CC/C(C[C@](C)(CC)[N+](=O)[O-])=N/Nc1ccc([N+](=O)[O-])cc1[N+](=O)[O-]. The summed E-state index contributed by atoms with van der Waals surface area (Å²) >= 11 is 0. The van der Waals surface area contributed by atoms with Crippen molar-refractivity contribution in [3.05, 3.63) is 48.5 Å².